The molecule has 1 aromatic heterocycles. The zero-order valence-corrected chi connectivity index (χ0v) is 9.00. The second-order valence-corrected chi connectivity index (χ2v) is 3.35. The summed E-state index contributed by atoms with van der Waals surface area (Å²) in [6.45, 7) is 0. The summed E-state index contributed by atoms with van der Waals surface area (Å²) in [5.74, 6) is -0.200. The highest BCUT2D eigenvalue weighted by Crippen LogP contribution is 2.30. The van der Waals surface area contributed by atoms with E-state index < -0.39 is 5.56 Å². The zero-order valence-electron chi connectivity index (χ0n) is 9.00. The largest absolute Gasteiger partial charge is 0.504 e. The average Bonchev–Trinajstić information content (AvgIpc) is 2.28. The molecule has 0 saturated carbocycles. The van der Waals surface area contributed by atoms with E-state index >= 15 is 0 Å². The number of fused-ring (bicyclic) bond motifs is 1. The maximum Gasteiger partial charge on any atom is 0.294 e. The van der Waals surface area contributed by atoms with Crippen LogP contribution in [0.15, 0.2) is 23.0 Å². The molecule has 0 aliphatic carbocycles. The molecule has 5 heteroatoms. The highest BCUT2D eigenvalue weighted by atomic mass is 16.5. The first-order valence-corrected chi connectivity index (χ1v) is 4.78. The Balaban J connectivity index is 2.81. The van der Waals surface area contributed by atoms with E-state index in [2.05, 4.69) is 10.3 Å². The van der Waals surface area contributed by atoms with Gasteiger partial charge in [-0.15, -0.1) is 0 Å². The minimum Gasteiger partial charge on any atom is -0.504 e. The van der Waals surface area contributed by atoms with Crippen LogP contribution in [0, 0.1) is 0 Å². The quantitative estimate of drug-likeness (QED) is 0.712. The highest BCUT2D eigenvalue weighted by molar-refractivity contribution is 5.89. The van der Waals surface area contributed by atoms with Crippen molar-refractivity contribution in [2.45, 2.75) is 0 Å². The Kier molecular flexibility index (Phi) is 2.44. The molecule has 84 valence electrons. The summed E-state index contributed by atoms with van der Waals surface area (Å²) in [6, 6.07) is 5.27. The van der Waals surface area contributed by atoms with Crippen molar-refractivity contribution in [2.75, 3.05) is 19.5 Å². The molecular formula is C11H12N2O3. The minimum atomic E-state index is -0.444. The van der Waals surface area contributed by atoms with Gasteiger partial charge in [0, 0.05) is 18.1 Å². The number of aromatic amines is 1. The molecule has 5 nitrogen and oxygen atoms in total. The summed E-state index contributed by atoms with van der Waals surface area (Å²) >= 11 is 0. The van der Waals surface area contributed by atoms with Gasteiger partial charge in [-0.25, -0.2) is 0 Å². The number of benzene rings is 1. The molecular weight excluding hydrogens is 208 g/mol. The van der Waals surface area contributed by atoms with Gasteiger partial charge in [0.2, 0.25) is 5.75 Å². The van der Waals surface area contributed by atoms with Crippen LogP contribution in [0.3, 0.4) is 0 Å². The van der Waals surface area contributed by atoms with Crippen molar-refractivity contribution in [3.63, 3.8) is 0 Å². The first-order chi connectivity index (χ1) is 7.67. The lowest BCUT2D eigenvalue weighted by atomic mass is 10.2. The van der Waals surface area contributed by atoms with Crippen molar-refractivity contribution in [3.8, 4) is 11.5 Å². The van der Waals surface area contributed by atoms with Crippen LogP contribution in [0.1, 0.15) is 0 Å². The molecule has 0 unspecified atom stereocenters. The second kappa shape index (κ2) is 3.77. The van der Waals surface area contributed by atoms with E-state index in [1.807, 2.05) is 0 Å². The summed E-state index contributed by atoms with van der Waals surface area (Å²) in [5.41, 5.74) is 0.976. The fourth-order valence-corrected chi connectivity index (χ4v) is 1.61. The fraction of sp³-hybridized carbons (Fsp3) is 0.182. The van der Waals surface area contributed by atoms with Gasteiger partial charge in [-0.1, -0.05) is 0 Å². The molecule has 16 heavy (non-hydrogen) atoms. The molecule has 1 heterocycles. The summed E-state index contributed by atoms with van der Waals surface area (Å²) in [5, 5.41) is 13.3. The van der Waals surface area contributed by atoms with E-state index in [0.717, 1.165) is 5.69 Å². The van der Waals surface area contributed by atoms with Crippen LogP contribution in [-0.2, 0) is 0 Å². The van der Waals surface area contributed by atoms with Gasteiger partial charge in [-0.3, -0.25) is 4.79 Å². The summed E-state index contributed by atoms with van der Waals surface area (Å²) in [7, 11) is 3.13. The summed E-state index contributed by atoms with van der Waals surface area (Å²) in [6.07, 6.45) is 0. The zero-order chi connectivity index (χ0) is 11.7. The molecule has 2 aromatic rings. The number of aromatic nitrogens is 1. The van der Waals surface area contributed by atoms with Gasteiger partial charge in [0.15, 0.2) is 5.75 Å². The fourth-order valence-electron chi connectivity index (χ4n) is 1.61. The van der Waals surface area contributed by atoms with E-state index in [0.29, 0.717) is 10.9 Å². The molecule has 0 spiro atoms. The average molecular weight is 220 g/mol. The molecule has 1 aromatic carbocycles. The summed E-state index contributed by atoms with van der Waals surface area (Å²) in [4.78, 5) is 14.2. The van der Waals surface area contributed by atoms with Crippen molar-refractivity contribution >= 4 is 16.6 Å². The van der Waals surface area contributed by atoms with Gasteiger partial charge >= 0.3 is 0 Å². The number of rotatable bonds is 2. The van der Waals surface area contributed by atoms with Gasteiger partial charge in [-0.05, 0) is 18.2 Å². The molecule has 0 radical (unpaired) electrons. The lowest BCUT2D eigenvalue weighted by Gasteiger charge is -2.07. The van der Waals surface area contributed by atoms with E-state index in [9.17, 15) is 9.90 Å². The number of aromatic hydroxyl groups is 1. The van der Waals surface area contributed by atoms with Crippen molar-refractivity contribution in [1.82, 2.24) is 4.98 Å². The van der Waals surface area contributed by atoms with Gasteiger partial charge in [0.1, 0.15) is 0 Å². The van der Waals surface area contributed by atoms with Crippen LogP contribution < -0.4 is 15.6 Å². The SMILES string of the molecule is CNc1ccc2c(O)c(OC)c(=O)[nH]c2c1. The van der Waals surface area contributed by atoms with Gasteiger partial charge < -0.3 is 20.1 Å². The third-order valence-corrected chi connectivity index (χ3v) is 2.44. The molecule has 0 amide bonds. The summed E-state index contributed by atoms with van der Waals surface area (Å²) < 4.78 is 4.83. The third kappa shape index (κ3) is 1.46. The number of methoxy groups -OCH3 is 1. The first kappa shape index (κ1) is 10.4. The molecule has 0 bridgehead atoms. The Hall–Kier alpha value is -2.17. The van der Waals surface area contributed by atoms with E-state index in [1.54, 1.807) is 25.2 Å². The highest BCUT2D eigenvalue weighted by Gasteiger charge is 2.11. The van der Waals surface area contributed by atoms with Crippen molar-refractivity contribution < 1.29 is 9.84 Å². The number of hydrogen-bond donors (Lipinski definition) is 3. The maximum atomic E-state index is 11.5. The molecule has 0 aliphatic rings. The Labute approximate surface area is 91.7 Å². The van der Waals surface area contributed by atoms with Gasteiger partial charge in [0.05, 0.1) is 12.6 Å². The smallest absolute Gasteiger partial charge is 0.294 e. The number of anilines is 1. The van der Waals surface area contributed by atoms with Crippen LogP contribution in [0.5, 0.6) is 11.5 Å². The van der Waals surface area contributed by atoms with Crippen LogP contribution in [-0.4, -0.2) is 24.2 Å². The number of hydrogen-bond acceptors (Lipinski definition) is 4. The lowest BCUT2D eigenvalue weighted by Crippen LogP contribution is -2.09. The van der Waals surface area contributed by atoms with Crippen LogP contribution in [0.4, 0.5) is 5.69 Å². The standard InChI is InChI=1S/C11H12N2O3/c1-12-6-3-4-7-8(5-6)13-11(15)10(16-2)9(7)14/h3-5,12H,1-2H3,(H2,13,14,15). The second-order valence-electron chi connectivity index (χ2n) is 3.35. The van der Waals surface area contributed by atoms with Gasteiger partial charge in [-0.2, -0.15) is 0 Å². The number of H-pyrrole nitrogens is 1. The Morgan fingerprint density at radius 2 is 2.19 bits per heavy atom. The predicted molar refractivity (Wildman–Crippen MR) is 62.3 cm³/mol. The molecule has 0 aliphatic heterocycles. The number of pyridine rings is 1. The molecule has 0 fully saturated rings. The lowest BCUT2D eigenvalue weighted by molar-refractivity contribution is 0.371. The Bertz CT molecular complexity index is 590. The Morgan fingerprint density at radius 3 is 2.81 bits per heavy atom. The van der Waals surface area contributed by atoms with Crippen LogP contribution >= 0.6 is 0 Å². The van der Waals surface area contributed by atoms with Crippen LogP contribution in [0.2, 0.25) is 0 Å². The monoisotopic (exact) mass is 220 g/mol. The predicted octanol–water partition coefficient (Wildman–Crippen LogP) is 1.28. The normalized spacial score (nSPS) is 10.4. The third-order valence-electron chi connectivity index (χ3n) is 2.44. The number of nitrogens with one attached hydrogen (secondary N) is 2. The number of ether oxygens (including phenoxy) is 1. The van der Waals surface area contributed by atoms with Gasteiger partial charge in [0.25, 0.3) is 5.56 Å². The van der Waals surface area contributed by atoms with E-state index in [1.165, 1.54) is 7.11 Å². The molecule has 0 saturated heterocycles. The van der Waals surface area contributed by atoms with Crippen molar-refractivity contribution in [3.05, 3.63) is 28.6 Å². The first-order valence-electron chi connectivity index (χ1n) is 4.78. The molecule has 3 N–H and O–H groups in total. The van der Waals surface area contributed by atoms with Crippen LogP contribution in [0.25, 0.3) is 10.9 Å². The minimum absolute atomic E-state index is 0.0651. The van der Waals surface area contributed by atoms with Crippen molar-refractivity contribution in [1.29, 1.82) is 0 Å². The molecule has 2 rings (SSSR count). The molecule has 0 atom stereocenters. The van der Waals surface area contributed by atoms with Crippen molar-refractivity contribution in [2.24, 2.45) is 0 Å². The maximum absolute atomic E-state index is 11.5. The van der Waals surface area contributed by atoms with E-state index in [-0.39, 0.29) is 11.5 Å². The Morgan fingerprint density at radius 1 is 1.44 bits per heavy atom. The van der Waals surface area contributed by atoms with E-state index in [4.69, 9.17) is 4.74 Å². The topological polar surface area (TPSA) is 74.3 Å².